The average Bonchev–Trinajstić information content (AvgIpc) is 2.39. The normalized spacial score (nSPS) is 11.0. The van der Waals surface area contributed by atoms with Gasteiger partial charge in [0.25, 0.3) is 0 Å². The molecule has 0 aliphatic rings. The standard InChI is InChI=1S/C14H34N4/c1-3-5-8-17-13-14-18-12-7-11-16-10-6-9-15-4-2/h15-18H,3-14H2,1-2H3. The molecule has 0 radical (unpaired) electrons. The summed E-state index contributed by atoms with van der Waals surface area (Å²) in [5, 5.41) is 13.7. The van der Waals surface area contributed by atoms with E-state index >= 15 is 0 Å². The maximum atomic E-state index is 3.47. The van der Waals surface area contributed by atoms with Crippen LogP contribution in [0.5, 0.6) is 0 Å². The van der Waals surface area contributed by atoms with Crippen LogP contribution in [0.3, 0.4) is 0 Å². The molecular weight excluding hydrogens is 224 g/mol. The fourth-order valence-corrected chi connectivity index (χ4v) is 1.71. The molecular formula is C14H34N4. The molecule has 0 aromatic carbocycles. The van der Waals surface area contributed by atoms with Gasteiger partial charge in [-0.3, -0.25) is 0 Å². The van der Waals surface area contributed by atoms with Gasteiger partial charge < -0.3 is 21.3 Å². The molecule has 18 heavy (non-hydrogen) atoms. The molecule has 0 bridgehead atoms. The quantitative estimate of drug-likeness (QED) is 0.330. The third-order valence-electron chi connectivity index (χ3n) is 2.85. The van der Waals surface area contributed by atoms with Gasteiger partial charge in [-0.15, -0.1) is 0 Å². The van der Waals surface area contributed by atoms with Crippen LogP contribution >= 0.6 is 0 Å². The van der Waals surface area contributed by atoms with Gasteiger partial charge in [0.1, 0.15) is 0 Å². The van der Waals surface area contributed by atoms with Gasteiger partial charge >= 0.3 is 0 Å². The fourth-order valence-electron chi connectivity index (χ4n) is 1.71. The number of rotatable bonds is 15. The van der Waals surface area contributed by atoms with Gasteiger partial charge in [-0.05, 0) is 58.5 Å². The minimum absolute atomic E-state index is 1.08. The van der Waals surface area contributed by atoms with E-state index in [2.05, 4.69) is 35.1 Å². The average molecular weight is 258 g/mol. The van der Waals surface area contributed by atoms with Crippen LogP contribution in [0.1, 0.15) is 39.5 Å². The molecule has 0 aromatic rings. The van der Waals surface area contributed by atoms with Crippen molar-refractivity contribution in [1.82, 2.24) is 21.3 Å². The van der Waals surface area contributed by atoms with E-state index in [1.54, 1.807) is 0 Å². The predicted octanol–water partition coefficient (Wildman–Crippen LogP) is 0.945. The van der Waals surface area contributed by atoms with Crippen molar-refractivity contribution in [3.8, 4) is 0 Å². The third-order valence-corrected chi connectivity index (χ3v) is 2.85. The Morgan fingerprint density at radius 3 is 1.44 bits per heavy atom. The Bertz CT molecular complexity index is 126. The lowest BCUT2D eigenvalue weighted by Crippen LogP contribution is -2.30. The molecule has 4 nitrogen and oxygen atoms in total. The fraction of sp³-hybridized carbons (Fsp3) is 1.00. The Labute approximate surface area is 114 Å². The molecule has 0 spiro atoms. The van der Waals surface area contributed by atoms with Crippen LogP contribution in [0.25, 0.3) is 0 Å². The maximum Gasteiger partial charge on any atom is 0.00767 e. The Balaban J connectivity index is 2.86. The van der Waals surface area contributed by atoms with Crippen molar-refractivity contribution in [3.63, 3.8) is 0 Å². The van der Waals surface area contributed by atoms with E-state index in [0.717, 1.165) is 52.4 Å². The molecule has 0 aliphatic heterocycles. The second-order valence-electron chi connectivity index (χ2n) is 4.66. The second kappa shape index (κ2) is 16.8. The molecule has 0 saturated heterocycles. The monoisotopic (exact) mass is 258 g/mol. The van der Waals surface area contributed by atoms with Crippen molar-refractivity contribution >= 4 is 0 Å². The van der Waals surface area contributed by atoms with Crippen molar-refractivity contribution in [1.29, 1.82) is 0 Å². The molecule has 0 amide bonds. The van der Waals surface area contributed by atoms with Gasteiger partial charge in [0, 0.05) is 13.1 Å². The summed E-state index contributed by atoms with van der Waals surface area (Å²) in [5.41, 5.74) is 0. The number of unbranched alkanes of at least 4 members (excludes halogenated alkanes) is 1. The van der Waals surface area contributed by atoms with E-state index < -0.39 is 0 Å². The zero-order chi connectivity index (χ0) is 13.3. The first-order valence-electron chi connectivity index (χ1n) is 7.74. The minimum atomic E-state index is 1.08. The third kappa shape index (κ3) is 15.8. The molecule has 110 valence electrons. The van der Waals surface area contributed by atoms with Crippen molar-refractivity contribution in [2.75, 3.05) is 52.4 Å². The first-order chi connectivity index (χ1) is 8.91. The summed E-state index contributed by atoms with van der Waals surface area (Å²) < 4.78 is 0. The summed E-state index contributed by atoms with van der Waals surface area (Å²) in [5.74, 6) is 0. The highest BCUT2D eigenvalue weighted by molar-refractivity contribution is 4.55. The van der Waals surface area contributed by atoms with Crippen LogP contribution in [-0.4, -0.2) is 52.4 Å². The van der Waals surface area contributed by atoms with Crippen LogP contribution in [0.4, 0.5) is 0 Å². The topological polar surface area (TPSA) is 48.1 Å². The molecule has 0 heterocycles. The van der Waals surface area contributed by atoms with Crippen LogP contribution in [0.2, 0.25) is 0 Å². The lowest BCUT2D eigenvalue weighted by molar-refractivity contribution is 0.554. The second-order valence-corrected chi connectivity index (χ2v) is 4.66. The van der Waals surface area contributed by atoms with E-state index in [1.807, 2.05) is 0 Å². The molecule has 0 rings (SSSR count). The van der Waals surface area contributed by atoms with E-state index in [-0.39, 0.29) is 0 Å². The van der Waals surface area contributed by atoms with Crippen LogP contribution in [0, 0.1) is 0 Å². The maximum absolute atomic E-state index is 3.47. The summed E-state index contributed by atoms with van der Waals surface area (Å²) >= 11 is 0. The first-order valence-corrected chi connectivity index (χ1v) is 7.74. The van der Waals surface area contributed by atoms with Crippen molar-refractivity contribution < 1.29 is 0 Å². The summed E-state index contributed by atoms with van der Waals surface area (Å²) in [4.78, 5) is 0. The highest BCUT2D eigenvalue weighted by Crippen LogP contribution is 1.81. The minimum Gasteiger partial charge on any atom is -0.317 e. The lowest BCUT2D eigenvalue weighted by atomic mass is 10.3. The summed E-state index contributed by atoms with van der Waals surface area (Å²) in [7, 11) is 0. The Hall–Kier alpha value is -0.160. The Morgan fingerprint density at radius 1 is 0.500 bits per heavy atom. The molecule has 4 heteroatoms. The van der Waals surface area contributed by atoms with Crippen LogP contribution in [-0.2, 0) is 0 Å². The molecule has 0 aromatic heterocycles. The smallest absolute Gasteiger partial charge is 0.00767 e. The summed E-state index contributed by atoms with van der Waals surface area (Å²) in [6.45, 7) is 13.3. The van der Waals surface area contributed by atoms with Gasteiger partial charge in [-0.25, -0.2) is 0 Å². The highest BCUT2D eigenvalue weighted by Gasteiger charge is 1.90. The Morgan fingerprint density at radius 2 is 0.944 bits per heavy atom. The lowest BCUT2D eigenvalue weighted by Gasteiger charge is -2.07. The highest BCUT2D eigenvalue weighted by atomic mass is 14.9. The molecule has 0 aliphatic carbocycles. The predicted molar refractivity (Wildman–Crippen MR) is 81.3 cm³/mol. The number of nitrogens with one attached hydrogen (secondary N) is 4. The molecule has 0 unspecified atom stereocenters. The van der Waals surface area contributed by atoms with E-state index in [9.17, 15) is 0 Å². The van der Waals surface area contributed by atoms with Crippen molar-refractivity contribution in [2.45, 2.75) is 39.5 Å². The molecule has 0 atom stereocenters. The summed E-state index contributed by atoms with van der Waals surface area (Å²) in [6.07, 6.45) is 5.01. The van der Waals surface area contributed by atoms with E-state index in [4.69, 9.17) is 0 Å². The van der Waals surface area contributed by atoms with Gasteiger partial charge in [-0.2, -0.15) is 0 Å². The van der Waals surface area contributed by atoms with Gasteiger partial charge in [0.2, 0.25) is 0 Å². The Kier molecular flexibility index (Phi) is 16.7. The van der Waals surface area contributed by atoms with Crippen LogP contribution < -0.4 is 21.3 Å². The van der Waals surface area contributed by atoms with Gasteiger partial charge in [0.05, 0.1) is 0 Å². The summed E-state index contributed by atoms with van der Waals surface area (Å²) in [6, 6.07) is 0. The van der Waals surface area contributed by atoms with Gasteiger partial charge in [0.15, 0.2) is 0 Å². The number of hydrogen-bond acceptors (Lipinski definition) is 4. The first kappa shape index (κ1) is 17.8. The zero-order valence-corrected chi connectivity index (χ0v) is 12.5. The van der Waals surface area contributed by atoms with Crippen LogP contribution in [0.15, 0.2) is 0 Å². The van der Waals surface area contributed by atoms with Crippen molar-refractivity contribution in [2.24, 2.45) is 0 Å². The van der Waals surface area contributed by atoms with E-state index in [1.165, 1.54) is 25.7 Å². The molecule has 4 N–H and O–H groups in total. The van der Waals surface area contributed by atoms with Gasteiger partial charge in [-0.1, -0.05) is 20.3 Å². The number of hydrogen-bond donors (Lipinski definition) is 4. The van der Waals surface area contributed by atoms with Crippen molar-refractivity contribution in [3.05, 3.63) is 0 Å². The SMILES string of the molecule is CCCCNCCNCCCNCCCNCC. The molecule has 0 saturated carbocycles. The zero-order valence-electron chi connectivity index (χ0n) is 12.5. The largest absolute Gasteiger partial charge is 0.317 e. The molecule has 0 fully saturated rings. The van der Waals surface area contributed by atoms with E-state index in [0.29, 0.717) is 0 Å².